The molecule has 0 radical (unpaired) electrons. The lowest BCUT2D eigenvalue weighted by atomic mass is 10.1. The minimum Gasteiger partial charge on any atom is -0.504 e. The van der Waals surface area contributed by atoms with Gasteiger partial charge in [-0.3, -0.25) is 0 Å². The molecule has 0 saturated heterocycles. The van der Waals surface area contributed by atoms with E-state index in [2.05, 4.69) is 6.92 Å². The summed E-state index contributed by atoms with van der Waals surface area (Å²) in [5, 5.41) is 25.5. The largest absolute Gasteiger partial charge is 0.504 e. The van der Waals surface area contributed by atoms with E-state index in [1.807, 2.05) is 6.07 Å². The molecule has 1 aromatic rings. The average Bonchev–Trinajstić information content (AvgIpc) is 2.23. The molecule has 0 aliphatic rings. The Balaban J connectivity index is 0.000000791. The number of para-hydroxylation sites is 1. The van der Waals surface area contributed by atoms with E-state index >= 15 is 0 Å². The molecular weight excluding hydrogens is 180 g/mol. The Morgan fingerprint density at radius 3 is 2.36 bits per heavy atom. The highest BCUT2D eigenvalue weighted by atomic mass is 16.3. The number of phenolic OH excluding ortho intramolecular Hbond substituents is 2. The van der Waals surface area contributed by atoms with Crippen LogP contribution in [0.15, 0.2) is 18.2 Å². The Morgan fingerprint density at radius 2 is 1.79 bits per heavy atom. The van der Waals surface area contributed by atoms with Crippen molar-refractivity contribution in [3.8, 4) is 11.5 Å². The van der Waals surface area contributed by atoms with E-state index in [1.165, 1.54) is 6.07 Å². The molecule has 0 aliphatic heterocycles. The highest BCUT2D eigenvalue weighted by Crippen LogP contribution is 2.28. The zero-order valence-electron chi connectivity index (χ0n) is 8.70. The van der Waals surface area contributed by atoms with Gasteiger partial charge in [-0.15, -0.1) is 0 Å². The lowest BCUT2D eigenvalue weighted by Gasteiger charge is -2.04. The van der Waals surface area contributed by atoms with Gasteiger partial charge in [0.2, 0.25) is 0 Å². The number of phenols is 2. The predicted octanol–water partition coefficient (Wildman–Crippen LogP) is 2.05. The van der Waals surface area contributed by atoms with Crippen molar-refractivity contribution in [1.29, 1.82) is 0 Å². The van der Waals surface area contributed by atoms with E-state index in [9.17, 15) is 5.11 Å². The number of hydrogen-bond acceptors (Lipinski definition) is 3. The van der Waals surface area contributed by atoms with Crippen LogP contribution in [-0.4, -0.2) is 22.4 Å². The van der Waals surface area contributed by atoms with Gasteiger partial charge in [0.05, 0.1) is 0 Å². The maximum atomic E-state index is 9.37. The van der Waals surface area contributed by atoms with Crippen molar-refractivity contribution >= 4 is 0 Å². The fourth-order valence-corrected chi connectivity index (χ4v) is 1.15. The first kappa shape index (κ1) is 12.8. The second kappa shape index (κ2) is 7.21. The summed E-state index contributed by atoms with van der Waals surface area (Å²) < 4.78 is 0. The molecule has 14 heavy (non-hydrogen) atoms. The maximum Gasteiger partial charge on any atom is 0.160 e. The normalized spacial score (nSPS) is 9.07. The third-order valence-electron chi connectivity index (χ3n) is 1.90. The quantitative estimate of drug-likeness (QED) is 0.651. The van der Waals surface area contributed by atoms with Crippen LogP contribution in [0.4, 0.5) is 0 Å². The fraction of sp³-hybridized carbons (Fsp3) is 0.455. The molecule has 0 aromatic heterocycles. The molecule has 80 valence electrons. The molecule has 0 saturated carbocycles. The van der Waals surface area contributed by atoms with Crippen molar-refractivity contribution in [3.05, 3.63) is 23.8 Å². The van der Waals surface area contributed by atoms with Crippen molar-refractivity contribution < 1.29 is 15.3 Å². The first-order valence-corrected chi connectivity index (χ1v) is 4.70. The van der Waals surface area contributed by atoms with Gasteiger partial charge in [-0.1, -0.05) is 25.5 Å². The topological polar surface area (TPSA) is 60.7 Å². The predicted molar refractivity (Wildman–Crippen MR) is 56.5 cm³/mol. The first-order chi connectivity index (χ1) is 6.75. The van der Waals surface area contributed by atoms with Crippen LogP contribution in [0.2, 0.25) is 0 Å². The standard InChI is InChI=1S/C10H14O2.CH4O/c1-2-3-5-8-6-4-7-9(11)10(8)12;1-2/h4,6-7,11-12H,2-3,5H2,1H3;2H,1H3. The molecule has 0 atom stereocenters. The number of rotatable bonds is 3. The summed E-state index contributed by atoms with van der Waals surface area (Å²) in [5.74, 6) is 0.00885. The summed E-state index contributed by atoms with van der Waals surface area (Å²) in [7, 11) is 1.00. The first-order valence-electron chi connectivity index (χ1n) is 4.70. The van der Waals surface area contributed by atoms with Crippen LogP contribution in [-0.2, 0) is 6.42 Å². The van der Waals surface area contributed by atoms with Crippen LogP contribution >= 0.6 is 0 Å². The number of aliphatic hydroxyl groups excluding tert-OH is 1. The second-order valence-corrected chi connectivity index (χ2v) is 2.89. The van der Waals surface area contributed by atoms with Crippen LogP contribution in [0, 0.1) is 0 Å². The molecule has 3 N–H and O–H groups in total. The minimum absolute atomic E-state index is 0.0244. The summed E-state index contributed by atoms with van der Waals surface area (Å²) in [6.45, 7) is 2.10. The molecule has 3 heteroatoms. The Labute approximate surface area is 84.6 Å². The van der Waals surface area contributed by atoms with Crippen molar-refractivity contribution in [1.82, 2.24) is 0 Å². The van der Waals surface area contributed by atoms with Crippen LogP contribution < -0.4 is 0 Å². The number of benzene rings is 1. The van der Waals surface area contributed by atoms with Gasteiger partial charge in [-0.05, 0) is 24.5 Å². The Hall–Kier alpha value is -1.22. The lowest BCUT2D eigenvalue weighted by molar-refractivity contribution is 0.399. The number of aryl methyl sites for hydroxylation is 1. The molecule has 1 aromatic carbocycles. The zero-order valence-corrected chi connectivity index (χ0v) is 8.70. The van der Waals surface area contributed by atoms with Gasteiger partial charge in [0, 0.05) is 7.11 Å². The van der Waals surface area contributed by atoms with Crippen molar-refractivity contribution in [3.63, 3.8) is 0 Å². The molecule has 0 unspecified atom stereocenters. The van der Waals surface area contributed by atoms with Crippen LogP contribution in [0.25, 0.3) is 0 Å². The molecule has 1 rings (SSSR count). The van der Waals surface area contributed by atoms with E-state index in [0.717, 1.165) is 31.9 Å². The van der Waals surface area contributed by atoms with Gasteiger partial charge in [0.1, 0.15) is 0 Å². The Bertz CT molecular complexity index is 259. The molecule has 0 heterocycles. The van der Waals surface area contributed by atoms with Crippen molar-refractivity contribution in [2.75, 3.05) is 7.11 Å². The number of hydrogen-bond donors (Lipinski definition) is 3. The van der Waals surface area contributed by atoms with E-state index < -0.39 is 0 Å². The highest BCUT2D eigenvalue weighted by Gasteiger charge is 2.03. The number of unbranched alkanes of at least 4 members (excludes halogenated alkanes) is 1. The third-order valence-corrected chi connectivity index (χ3v) is 1.90. The molecule has 0 aliphatic carbocycles. The van der Waals surface area contributed by atoms with Crippen LogP contribution in [0.5, 0.6) is 11.5 Å². The molecule has 0 spiro atoms. The smallest absolute Gasteiger partial charge is 0.160 e. The zero-order chi connectivity index (χ0) is 11.0. The van der Waals surface area contributed by atoms with E-state index in [4.69, 9.17) is 10.2 Å². The third kappa shape index (κ3) is 3.66. The summed E-state index contributed by atoms with van der Waals surface area (Å²) in [5.41, 5.74) is 0.830. The maximum absolute atomic E-state index is 9.37. The van der Waals surface area contributed by atoms with Gasteiger partial charge in [-0.25, -0.2) is 0 Å². The van der Waals surface area contributed by atoms with Crippen LogP contribution in [0.1, 0.15) is 25.3 Å². The van der Waals surface area contributed by atoms with E-state index in [-0.39, 0.29) is 11.5 Å². The SMILES string of the molecule is CCCCc1cccc(O)c1O.CO. The molecule has 3 nitrogen and oxygen atoms in total. The van der Waals surface area contributed by atoms with Crippen molar-refractivity contribution in [2.45, 2.75) is 26.2 Å². The number of aliphatic hydroxyl groups is 1. The van der Waals surface area contributed by atoms with E-state index in [1.54, 1.807) is 6.07 Å². The summed E-state index contributed by atoms with van der Waals surface area (Å²) in [6, 6.07) is 5.08. The summed E-state index contributed by atoms with van der Waals surface area (Å²) >= 11 is 0. The minimum atomic E-state index is -0.0244. The number of aromatic hydroxyl groups is 2. The Kier molecular flexibility index (Phi) is 6.58. The van der Waals surface area contributed by atoms with Gasteiger partial charge in [0.15, 0.2) is 11.5 Å². The monoisotopic (exact) mass is 198 g/mol. The summed E-state index contributed by atoms with van der Waals surface area (Å²) in [6.07, 6.45) is 2.96. The van der Waals surface area contributed by atoms with Gasteiger partial charge in [0.25, 0.3) is 0 Å². The molecular formula is C11H18O3. The Morgan fingerprint density at radius 1 is 1.14 bits per heavy atom. The fourth-order valence-electron chi connectivity index (χ4n) is 1.15. The lowest BCUT2D eigenvalue weighted by Crippen LogP contribution is -1.85. The average molecular weight is 198 g/mol. The van der Waals surface area contributed by atoms with Gasteiger partial charge in [-0.2, -0.15) is 0 Å². The van der Waals surface area contributed by atoms with Crippen molar-refractivity contribution in [2.24, 2.45) is 0 Å². The van der Waals surface area contributed by atoms with Gasteiger partial charge >= 0.3 is 0 Å². The molecule has 0 fully saturated rings. The highest BCUT2D eigenvalue weighted by molar-refractivity contribution is 5.44. The molecule has 0 amide bonds. The van der Waals surface area contributed by atoms with Crippen LogP contribution in [0.3, 0.4) is 0 Å². The molecule has 0 bridgehead atoms. The summed E-state index contributed by atoms with van der Waals surface area (Å²) in [4.78, 5) is 0. The van der Waals surface area contributed by atoms with Gasteiger partial charge < -0.3 is 15.3 Å². The second-order valence-electron chi connectivity index (χ2n) is 2.89. The van der Waals surface area contributed by atoms with E-state index in [0.29, 0.717) is 0 Å².